The van der Waals surface area contributed by atoms with Crippen molar-refractivity contribution < 1.29 is 9.84 Å². The predicted molar refractivity (Wildman–Crippen MR) is 86.1 cm³/mol. The minimum absolute atomic E-state index is 0.288. The van der Waals surface area contributed by atoms with Crippen LogP contribution in [0.15, 0.2) is 0 Å². The fraction of sp³-hybridized carbons (Fsp3) is 1.00. The fourth-order valence-corrected chi connectivity index (χ4v) is 2.65. The van der Waals surface area contributed by atoms with Gasteiger partial charge < -0.3 is 20.1 Å². The number of aliphatic hydroxyl groups is 1. The molecule has 0 spiro atoms. The van der Waals surface area contributed by atoms with Crippen LogP contribution in [0.1, 0.15) is 40.5 Å². The van der Waals surface area contributed by atoms with Gasteiger partial charge in [-0.1, -0.05) is 27.7 Å². The molecule has 0 aromatic rings. The van der Waals surface area contributed by atoms with E-state index < -0.39 is 6.10 Å². The van der Waals surface area contributed by atoms with Crippen LogP contribution in [0, 0.1) is 11.3 Å². The quantitative estimate of drug-likeness (QED) is 0.576. The maximum absolute atomic E-state index is 9.83. The van der Waals surface area contributed by atoms with Crippen molar-refractivity contribution in [3.05, 3.63) is 0 Å². The second-order valence-corrected chi connectivity index (χ2v) is 6.54. The van der Waals surface area contributed by atoms with Crippen LogP contribution in [0.4, 0.5) is 0 Å². The van der Waals surface area contributed by atoms with Crippen LogP contribution >= 0.6 is 0 Å². The van der Waals surface area contributed by atoms with Gasteiger partial charge in [0, 0.05) is 26.7 Å². The van der Waals surface area contributed by atoms with E-state index in [2.05, 4.69) is 45.0 Å². The SMILES string of the molecule is CCC(CC)(CNCC(C)C)CN(C)CC(O)COC. The van der Waals surface area contributed by atoms with Gasteiger partial charge in [-0.05, 0) is 37.8 Å². The lowest BCUT2D eigenvalue weighted by molar-refractivity contribution is 0.0319. The third-order valence-electron chi connectivity index (χ3n) is 4.04. The molecular formula is C16H36N2O2. The molecule has 0 aliphatic rings. The highest BCUT2D eigenvalue weighted by Crippen LogP contribution is 2.26. The molecule has 0 radical (unpaired) electrons. The Kier molecular flexibility index (Phi) is 10.5. The molecule has 0 saturated carbocycles. The number of likely N-dealkylation sites (N-methyl/N-ethyl adjacent to an activating group) is 1. The summed E-state index contributed by atoms with van der Waals surface area (Å²) in [5.74, 6) is 0.683. The fourth-order valence-electron chi connectivity index (χ4n) is 2.65. The van der Waals surface area contributed by atoms with E-state index in [1.54, 1.807) is 7.11 Å². The second kappa shape index (κ2) is 10.6. The highest BCUT2D eigenvalue weighted by molar-refractivity contribution is 4.83. The zero-order chi connectivity index (χ0) is 15.6. The molecule has 0 heterocycles. The summed E-state index contributed by atoms with van der Waals surface area (Å²) in [5.41, 5.74) is 0.288. The first-order chi connectivity index (χ1) is 9.39. The Bertz CT molecular complexity index is 231. The van der Waals surface area contributed by atoms with Gasteiger partial charge in [0.25, 0.3) is 0 Å². The first-order valence-electron chi connectivity index (χ1n) is 7.95. The largest absolute Gasteiger partial charge is 0.389 e. The van der Waals surface area contributed by atoms with E-state index in [9.17, 15) is 5.11 Å². The van der Waals surface area contributed by atoms with Gasteiger partial charge in [-0.2, -0.15) is 0 Å². The molecule has 0 saturated heterocycles. The van der Waals surface area contributed by atoms with Gasteiger partial charge in [-0.25, -0.2) is 0 Å². The monoisotopic (exact) mass is 288 g/mol. The Morgan fingerprint density at radius 2 is 1.85 bits per heavy atom. The van der Waals surface area contributed by atoms with E-state index in [4.69, 9.17) is 4.74 Å². The number of rotatable bonds is 12. The lowest BCUT2D eigenvalue weighted by Gasteiger charge is -2.37. The van der Waals surface area contributed by atoms with E-state index in [1.165, 1.54) is 0 Å². The minimum atomic E-state index is -0.403. The molecular weight excluding hydrogens is 252 g/mol. The molecule has 4 heteroatoms. The summed E-state index contributed by atoms with van der Waals surface area (Å²) >= 11 is 0. The predicted octanol–water partition coefficient (Wildman–Crippen LogP) is 1.98. The molecule has 1 unspecified atom stereocenters. The molecule has 4 nitrogen and oxygen atoms in total. The number of hydrogen-bond donors (Lipinski definition) is 2. The van der Waals surface area contributed by atoms with Gasteiger partial charge in [0.05, 0.1) is 12.7 Å². The van der Waals surface area contributed by atoms with Crippen molar-refractivity contribution in [2.24, 2.45) is 11.3 Å². The molecule has 2 N–H and O–H groups in total. The Morgan fingerprint density at radius 3 is 2.30 bits per heavy atom. The Morgan fingerprint density at radius 1 is 1.25 bits per heavy atom. The molecule has 0 aliphatic heterocycles. The van der Waals surface area contributed by atoms with Gasteiger partial charge in [0.1, 0.15) is 0 Å². The van der Waals surface area contributed by atoms with E-state index in [0.717, 1.165) is 32.5 Å². The van der Waals surface area contributed by atoms with Crippen molar-refractivity contribution in [1.82, 2.24) is 10.2 Å². The molecule has 0 aliphatic carbocycles. The lowest BCUT2D eigenvalue weighted by atomic mass is 9.81. The van der Waals surface area contributed by atoms with E-state index >= 15 is 0 Å². The average molecular weight is 288 g/mol. The van der Waals surface area contributed by atoms with Crippen LogP contribution in [0.2, 0.25) is 0 Å². The van der Waals surface area contributed by atoms with Crippen LogP contribution < -0.4 is 5.32 Å². The molecule has 0 fully saturated rings. The summed E-state index contributed by atoms with van der Waals surface area (Å²) in [5, 5.41) is 13.4. The molecule has 0 bridgehead atoms. The van der Waals surface area contributed by atoms with Crippen molar-refractivity contribution in [3.63, 3.8) is 0 Å². The van der Waals surface area contributed by atoms with Crippen LogP contribution in [0.25, 0.3) is 0 Å². The average Bonchev–Trinajstić information content (AvgIpc) is 2.37. The zero-order valence-corrected chi connectivity index (χ0v) is 14.4. The van der Waals surface area contributed by atoms with Crippen LogP contribution in [0.3, 0.4) is 0 Å². The molecule has 1 atom stereocenters. The molecule has 20 heavy (non-hydrogen) atoms. The normalized spacial score (nSPS) is 14.2. The summed E-state index contributed by atoms with van der Waals surface area (Å²) in [6.45, 7) is 13.2. The van der Waals surface area contributed by atoms with Crippen molar-refractivity contribution in [3.8, 4) is 0 Å². The summed E-state index contributed by atoms with van der Waals surface area (Å²) in [6, 6.07) is 0. The first kappa shape index (κ1) is 19.8. The van der Waals surface area contributed by atoms with Crippen molar-refractivity contribution >= 4 is 0 Å². The Labute approximate surface area is 125 Å². The number of methoxy groups -OCH3 is 1. The zero-order valence-electron chi connectivity index (χ0n) is 14.4. The number of ether oxygens (including phenoxy) is 1. The van der Waals surface area contributed by atoms with E-state index in [-0.39, 0.29) is 5.41 Å². The minimum Gasteiger partial charge on any atom is -0.389 e. The second-order valence-electron chi connectivity index (χ2n) is 6.54. The van der Waals surface area contributed by atoms with Gasteiger partial charge in [-0.3, -0.25) is 0 Å². The molecule has 0 aromatic carbocycles. The maximum atomic E-state index is 9.83. The van der Waals surface area contributed by atoms with E-state index in [1.807, 2.05) is 0 Å². The smallest absolute Gasteiger partial charge is 0.0899 e. The Balaban J connectivity index is 4.35. The highest BCUT2D eigenvalue weighted by atomic mass is 16.5. The molecule has 0 aromatic heterocycles. The van der Waals surface area contributed by atoms with Gasteiger partial charge in [0.2, 0.25) is 0 Å². The maximum Gasteiger partial charge on any atom is 0.0899 e. The molecule has 122 valence electrons. The van der Waals surface area contributed by atoms with Crippen LogP contribution in [0.5, 0.6) is 0 Å². The highest BCUT2D eigenvalue weighted by Gasteiger charge is 2.28. The van der Waals surface area contributed by atoms with Crippen molar-refractivity contribution in [2.75, 3.05) is 46.9 Å². The number of hydrogen-bond acceptors (Lipinski definition) is 4. The van der Waals surface area contributed by atoms with Crippen LogP contribution in [-0.2, 0) is 4.74 Å². The van der Waals surface area contributed by atoms with Crippen molar-refractivity contribution in [1.29, 1.82) is 0 Å². The number of aliphatic hydroxyl groups excluding tert-OH is 1. The number of nitrogens with zero attached hydrogens (tertiary/aromatic N) is 1. The van der Waals surface area contributed by atoms with Gasteiger partial charge >= 0.3 is 0 Å². The summed E-state index contributed by atoms with van der Waals surface area (Å²) < 4.78 is 4.99. The third-order valence-corrected chi connectivity index (χ3v) is 4.04. The molecule has 0 rings (SSSR count). The van der Waals surface area contributed by atoms with Crippen molar-refractivity contribution in [2.45, 2.75) is 46.6 Å². The summed E-state index contributed by atoms with van der Waals surface area (Å²) in [7, 11) is 3.71. The topological polar surface area (TPSA) is 44.7 Å². The third kappa shape index (κ3) is 8.20. The van der Waals surface area contributed by atoms with E-state index in [0.29, 0.717) is 19.1 Å². The Hall–Kier alpha value is -0.160. The van der Waals surface area contributed by atoms with Gasteiger partial charge in [0.15, 0.2) is 0 Å². The summed E-state index contributed by atoms with van der Waals surface area (Å²) in [4.78, 5) is 2.23. The lowest BCUT2D eigenvalue weighted by Crippen LogP contribution is -2.45. The molecule has 0 amide bonds. The number of nitrogens with one attached hydrogen (secondary N) is 1. The standard InChI is InChI=1S/C16H36N2O2/c1-7-16(8-2,12-17-9-14(3)4)13-18(5)10-15(19)11-20-6/h14-15,17,19H,7-13H2,1-6H3. The van der Waals surface area contributed by atoms with Crippen LogP contribution in [-0.4, -0.2) is 63.1 Å². The van der Waals surface area contributed by atoms with Gasteiger partial charge in [-0.15, -0.1) is 0 Å². The summed E-state index contributed by atoms with van der Waals surface area (Å²) in [6.07, 6.45) is 1.90. The first-order valence-corrected chi connectivity index (χ1v) is 7.95.